The van der Waals surface area contributed by atoms with Crippen molar-refractivity contribution in [3.63, 3.8) is 0 Å². The Balaban J connectivity index is 1.30. The number of carbonyl (C=O) groups is 1. The van der Waals surface area contributed by atoms with E-state index in [4.69, 9.17) is 0 Å². The normalized spacial score (nSPS) is 19.6. The molecule has 0 radical (unpaired) electrons. The first-order valence-electron chi connectivity index (χ1n) is 9.70. The van der Waals surface area contributed by atoms with Crippen LogP contribution in [0.15, 0.2) is 36.7 Å². The minimum Gasteiger partial charge on any atom is -0.331 e. The summed E-state index contributed by atoms with van der Waals surface area (Å²) in [6.45, 7) is 5.91. The predicted octanol–water partition coefficient (Wildman–Crippen LogP) is 2.95. The lowest BCUT2D eigenvalue weighted by Crippen LogP contribution is -2.63. The molecule has 1 aromatic carbocycles. The van der Waals surface area contributed by atoms with Crippen molar-refractivity contribution in [2.45, 2.75) is 38.3 Å². The molecule has 1 N–H and O–H groups in total. The molecule has 2 fully saturated rings. The van der Waals surface area contributed by atoms with Gasteiger partial charge in [-0.3, -0.25) is 4.90 Å². The molecular weight excluding hydrogens is 345 g/mol. The van der Waals surface area contributed by atoms with Crippen LogP contribution >= 0.6 is 0 Å². The van der Waals surface area contributed by atoms with Gasteiger partial charge in [0.05, 0.1) is 17.9 Å². The van der Waals surface area contributed by atoms with Gasteiger partial charge < -0.3 is 10.2 Å². The highest BCUT2D eigenvalue weighted by atomic mass is 19.1. The van der Waals surface area contributed by atoms with Crippen LogP contribution in [0.2, 0.25) is 0 Å². The van der Waals surface area contributed by atoms with E-state index in [0.29, 0.717) is 6.04 Å². The molecule has 3 heterocycles. The fraction of sp³-hybridized carbons (Fsp3) is 0.500. The summed E-state index contributed by atoms with van der Waals surface area (Å²) >= 11 is 0. The molecule has 0 saturated carbocycles. The second-order valence-electron chi connectivity index (χ2n) is 7.52. The van der Waals surface area contributed by atoms with E-state index in [1.807, 2.05) is 18.0 Å². The first-order valence-corrected chi connectivity index (χ1v) is 9.70. The van der Waals surface area contributed by atoms with Crippen molar-refractivity contribution in [2.75, 3.05) is 26.2 Å². The Morgan fingerprint density at radius 3 is 2.59 bits per heavy atom. The van der Waals surface area contributed by atoms with E-state index in [9.17, 15) is 9.18 Å². The lowest BCUT2D eigenvalue weighted by Gasteiger charge is -2.46. The number of likely N-dealkylation sites (tertiary alicyclic amines) is 2. The average molecular weight is 371 g/mol. The molecular formula is C20H26FN5O. The monoisotopic (exact) mass is 371 g/mol. The van der Waals surface area contributed by atoms with Crippen molar-refractivity contribution in [3.8, 4) is 5.69 Å². The highest BCUT2D eigenvalue weighted by Gasteiger charge is 2.35. The molecule has 6 nitrogen and oxygen atoms in total. The fourth-order valence-corrected chi connectivity index (χ4v) is 3.79. The molecule has 4 rings (SSSR count). The number of benzene rings is 1. The third kappa shape index (κ3) is 3.98. The Morgan fingerprint density at radius 2 is 1.89 bits per heavy atom. The van der Waals surface area contributed by atoms with E-state index in [1.165, 1.54) is 44.5 Å². The van der Waals surface area contributed by atoms with E-state index >= 15 is 0 Å². The van der Waals surface area contributed by atoms with Gasteiger partial charge in [0.1, 0.15) is 5.82 Å². The molecule has 1 aromatic heterocycles. The Morgan fingerprint density at radius 1 is 1.19 bits per heavy atom. The van der Waals surface area contributed by atoms with Gasteiger partial charge in [-0.1, -0.05) is 6.42 Å². The van der Waals surface area contributed by atoms with Crippen LogP contribution in [0.3, 0.4) is 0 Å². The Hall–Kier alpha value is -2.41. The zero-order valence-corrected chi connectivity index (χ0v) is 15.6. The van der Waals surface area contributed by atoms with E-state index < -0.39 is 0 Å². The van der Waals surface area contributed by atoms with Crippen LogP contribution in [0.25, 0.3) is 5.69 Å². The van der Waals surface area contributed by atoms with Gasteiger partial charge in [0.25, 0.3) is 0 Å². The van der Waals surface area contributed by atoms with Crippen molar-refractivity contribution in [1.29, 1.82) is 0 Å². The number of urea groups is 1. The van der Waals surface area contributed by atoms with Gasteiger partial charge in [-0.15, -0.1) is 0 Å². The summed E-state index contributed by atoms with van der Waals surface area (Å²) in [6, 6.07) is 6.53. The lowest BCUT2D eigenvalue weighted by molar-refractivity contribution is 0.0444. The average Bonchev–Trinajstić information content (AvgIpc) is 3.12. The summed E-state index contributed by atoms with van der Waals surface area (Å²) in [5, 5.41) is 7.37. The number of rotatable bonds is 4. The van der Waals surface area contributed by atoms with Crippen molar-refractivity contribution >= 4 is 6.03 Å². The first kappa shape index (κ1) is 18.0. The van der Waals surface area contributed by atoms with E-state index in [-0.39, 0.29) is 17.9 Å². The maximum absolute atomic E-state index is 13.1. The Kier molecular flexibility index (Phi) is 5.11. The van der Waals surface area contributed by atoms with Crippen LogP contribution in [-0.4, -0.2) is 57.8 Å². The molecule has 2 aliphatic heterocycles. The summed E-state index contributed by atoms with van der Waals surface area (Å²) in [7, 11) is 0. The quantitative estimate of drug-likeness (QED) is 0.899. The number of amides is 2. The molecule has 2 saturated heterocycles. The largest absolute Gasteiger partial charge is 0.331 e. The predicted molar refractivity (Wildman–Crippen MR) is 101 cm³/mol. The molecule has 144 valence electrons. The highest BCUT2D eigenvalue weighted by Crippen LogP contribution is 2.21. The fourth-order valence-electron chi connectivity index (χ4n) is 3.79. The Bertz CT molecular complexity index is 778. The van der Waals surface area contributed by atoms with Gasteiger partial charge in [-0.2, -0.15) is 5.10 Å². The van der Waals surface area contributed by atoms with Gasteiger partial charge in [-0.05, 0) is 57.1 Å². The zero-order valence-electron chi connectivity index (χ0n) is 15.6. The minimum atomic E-state index is -0.274. The maximum atomic E-state index is 13.1. The topological polar surface area (TPSA) is 53.4 Å². The van der Waals surface area contributed by atoms with Crippen LogP contribution in [-0.2, 0) is 0 Å². The van der Waals surface area contributed by atoms with E-state index in [0.717, 1.165) is 24.3 Å². The number of hydrogen-bond acceptors (Lipinski definition) is 3. The Labute approximate surface area is 158 Å². The number of aromatic nitrogens is 2. The zero-order chi connectivity index (χ0) is 18.8. The van der Waals surface area contributed by atoms with Gasteiger partial charge in [0, 0.05) is 30.9 Å². The molecule has 0 unspecified atom stereocenters. The number of nitrogens with one attached hydrogen (secondary N) is 1. The van der Waals surface area contributed by atoms with Crippen LogP contribution < -0.4 is 5.32 Å². The number of nitrogens with zero attached hydrogens (tertiary/aromatic N) is 4. The summed E-state index contributed by atoms with van der Waals surface area (Å²) in [6.07, 6.45) is 7.48. The molecule has 2 aliphatic rings. The van der Waals surface area contributed by atoms with Gasteiger partial charge in [0.15, 0.2) is 0 Å². The van der Waals surface area contributed by atoms with E-state index in [1.54, 1.807) is 23.0 Å². The van der Waals surface area contributed by atoms with Crippen LogP contribution in [0.4, 0.5) is 9.18 Å². The second kappa shape index (κ2) is 7.68. The second-order valence-corrected chi connectivity index (χ2v) is 7.52. The summed E-state index contributed by atoms with van der Waals surface area (Å²) in [5.41, 5.74) is 1.70. The summed E-state index contributed by atoms with van der Waals surface area (Å²) in [4.78, 5) is 16.9. The third-order valence-electron chi connectivity index (χ3n) is 5.59. The standard InChI is InChI=1S/C20H26FN5O/c1-15(16-11-22-26(12-16)18-7-5-17(21)6-8-18)23-20(27)25-13-19(14-25)24-9-3-2-4-10-24/h5-8,11-12,15,19H,2-4,9-10,13-14H2,1H3,(H,23,27)/t15-/m0/s1. The molecule has 1 atom stereocenters. The highest BCUT2D eigenvalue weighted by molar-refractivity contribution is 5.75. The lowest BCUT2D eigenvalue weighted by atomic mass is 10.0. The maximum Gasteiger partial charge on any atom is 0.317 e. The molecule has 7 heteroatoms. The SMILES string of the molecule is C[C@H](NC(=O)N1CC(N2CCCCC2)C1)c1cnn(-c2ccc(F)cc2)c1. The summed E-state index contributed by atoms with van der Waals surface area (Å²) < 4.78 is 14.7. The summed E-state index contributed by atoms with van der Waals surface area (Å²) in [5.74, 6) is -0.274. The van der Waals surface area contributed by atoms with Crippen molar-refractivity contribution in [2.24, 2.45) is 0 Å². The number of carbonyl (C=O) groups excluding carboxylic acids is 1. The van der Waals surface area contributed by atoms with Crippen molar-refractivity contribution in [3.05, 3.63) is 48.0 Å². The molecule has 2 aromatic rings. The van der Waals surface area contributed by atoms with Crippen LogP contribution in [0, 0.1) is 5.82 Å². The van der Waals surface area contributed by atoms with Crippen LogP contribution in [0.1, 0.15) is 37.8 Å². The van der Waals surface area contributed by atoms with Gasteiger partial charge in [0.2, 0.25) is 0 Å². The molecule has 27 heavy (non-hydrogen) atoms. The van der Waals surface area contributed by atoms with Gasteiger partial charge in [-0.25, -0.2) is 13.9 Å². The smallest absolute Gasteiger partial charge is 0.317 e. The van der Waals surface area contributed by atoms with Crippen molar-refractivity contribution in [1.82, 2.24) is 24.9 Å². The van der Waals surface area contributed by atoms with Gasteiger partial charge >= 0.3 is 6.03 Å². The first-order chi connectivity index (χ1) is 13.1. The van der Waals surface area contributed by atoms with Crippen molar-refractivity contribution < 1.29 is 9.18 Å². The minimum absolute atomic E-state index is 0.0229. The molecule has 0 spiro atoms. The molecule has 0 aliphatic carbocycles. The molecule has 2 amide bonds. The third-order valence-corrected chi connectivity index (χ3v) is 5.59. The molecule has 0 bridgehead atoms. The number of halogens is 1. The van der Waals surface area contributed by atoms with E-state index in [2.05, 4.69) is 15.3 Å². The number of hydrogen-bond donors (Lipinski definition) is 1. The number of piperidine rings is 1. The van der Waals surface area contributed by atoms with Crippen LogP contribution in [0.5, 0.6) is 0 Å².